The van der Waals surface area contributed by atoms with Gasteiger partial charge >= 0.3 is 0 Å². The monoisotopic (exact) mass is 333 g/mol. The van der Waals surface area contributed by atoms with Crippen LogP contribution in [0.2, 0.25) is 0 Å². The number of rotatable bonds is 4. The number of nitrogens with zero attached hydrogens (tertiary/aromatic N) is 3. The van der Waals surface area contributed by atoms with Crippen molar-refractivity contribution in [2.24, 2.45) is 0 Å². The summed E-state index contributed by atoms with van der Waals surface area (Å²) in [5.74, 6) is 0.406. The van der Waals surface area contributed by atoms with E-state index in [1.807, 2.05) is 42.5 Å². The number of hydrogen-bond acceptors (Lipinski definition) is 5. The summed E-state index contributed by atoms with van der Waals surface area (Å²) in [5.41, 5.74) is 2.16. The van der Waals surface area contributed by atoms with Crippen LogP contribution in [-0.2, 0) is 4.79 Å². The van der Waals surface area contributed by atoms with Crippen LogP contribution in [0.25, 0.3) is 22.1 Å². The maximum atomic E-state index is 12.3. The van der Waals surface area contributed by atoms with Gasteiger partial charge in [-0.15, -0.1) is 10.2 Å². The van der Waals surface area contributed by atoms with Crippen molar-refractivity contribution < 1.29 is 9.53 Å². The van der Waals surface area contributed by atoms with Crippen molar-refractivity contribution in [2.75, 3.05) is 5.32 Å². The number of anilines is 1. The lowest BCUT2D eigenvalue weighted by atomic mass is 10.2. The number of aromatic nitrogens is 4. The third-order valence-electron chi connectivity index (χ3n) is 3.78. The molecule has 2 heterocycles. The van der Waals surface area contributed by atoms with Crippen LogP contribution < -0.4 is 10.1 Å². The second-order valence-electron chi connectivity index (χ2n) is 5.57. The van der Waals surface area contributed by atoms with Gasteiger partial charge in [0.25, 0.3) is 11.9 Å². The van der Waals surface area contributed by atoms with Crippen LogP contribution in [0, 0.1) is 0 Å². The number of benzene rings is 2. The Morgan fingerprint density at radius 2 is 1.84 bits per heavy atom. The first kappa shape index (κ1) is 15.1. The number of H-pyrrole nitrogens is 1. The molecule has 0 bridgehead atoms. The van der Waals surface area contributed by atoms with Crippen molar-refractivity contribution in [3.8, 4) is 5.75 Å². The van der Waals surface area contributed by atoms with E-state index >= 15 is 0 Å². The Bertz CT molecular complexity index is 1050. The quantitative estimate of drug-likeness (QED) is 0.599. The van der Waals surface area contributed by atoms with E-state index in [9.17, 15) is 4.79 Å². The Morgan fingerprint density at radius 3 is 2.68 bits per heavy atom. The average molecular weight is 333 g/mol. The highest BCUT2D eigenvalue weighted by atomic mass is 16.5. The molecule has 124 valence electrons. The molecule has 7 nitrogen and oxygen atoms in total. The van der Waals surface area contributed by atoms with E-state index in [0.29, 0.717) is 16.9 Å². The van der Waals surface area contributed by atoms with E-state index in [0.717, 1.165) is 10.9 Å². The smallest absolute Gasteiger partial charge is 0.267 e. The van der Waals surface area contributed by atoms with Gasteiger partial charge in [-0.1, -0.05) is 36.4 Å². The highest BCUT2D eigenvalue weighted by Crippen LogP contribution is 2.21. The third kappa shape index (κ3) is 2.99. The number of carbonyl (C=O) groups excluding carboxylic acids is 1. The van der Waals surface area contributed by atoms with E-state index in [-0.39, 0.29) is 11.9 Å². The normalized spacial score (nSPS) is 12.2. The summed E-state index contributed by atoms with van der Waals surface area (Å²) < 4.78 is 5.59. The van der Waals surface area contributed by atoms with Crippen molar-refractivity contribution in [1.29, 1.82) is 0 Å². The van der Waals surface area contributed by atoms with Gasteiger partial charge in [-0.3, -0.25) is 10.1 Å². The maximum Gasteiger partial charge on any atom is 0.267 e. The zero-order chi connectivity index (χ0) is 17.2. The first-order valence-electron chi connectivity index (χ1n) is 7.84. The van der Waals surface area contributed by atoms with Crippen molar-refractivity contribution in [2.45, 2.75) is 13.0 Å². The number of carbonyl (C=O) groups is 1. The minimum atomic E-state index is -0.690. The van der Waals surface area contributed by atoms with Gasteiger partial charge in [-0.2, -0.15) is 4.98 Å². The summed E-state index contributed by atoms with van der Waals surface area (Å²) in [6, 6.07) is 16.9. The molecule has 7 heteroatoms. The van der Waals surface area contributed by atoms with E-state index < -0.39 is 6.10 Å². The summed E-state index contributed by atoms with van der Waals surface area (Å²) in [5, 5.41) is 11.7. The largest absolute Gasteiger partial charge is 0.481 e. The van der Waals surface area contributed by atoms with Gasteiger partial charge in [0.1, 0.15) is 11.3 Å². The molecule has 0 fully saturated rings. The molecule has 1 unspecified atom stereocenters. The van der Waals surface area contributed by atoms with Gasteiger partial charge in [0.15, 0.2) is 11.8 Å². The average Bonchev–Trinajstić information content (AvgIpc) is 3.00. The van der Waals surface area contributed by atoms with Crippen LogP contribution in [0.5, 0.6) is 5.75 Å². The van der Waals surface area contributed by atoms with Gasteiger partial charge in [-0.05, 0) is 25.1 Å². The summed E-state index contributed by atoms with van der Waals surface area (Å²) in [4.78, 5) is 19.8. The van der Waals surface area contributed by atoms with Crippen molar-refractivity contribution in [1.82, 2.24) is 20.2 Å². The van der Waals surface area contributed by atoms with Crippen LogP contribution in [0.3, 0.4) is 0 Å². The molecule has 0 aliphatic carbocycles. The first-order valence-corrected chi connectivity index (χ1v) is 7.84. The van der Waals surface area contributed by atoms with Crippen LogP contribution in [-0.4, -0.2) is 32.2 Å². The molecule has 0 spiro atoms. The number of hydrogen-bond donors (Lipinski definition) is 2. The predicted molar refractivity (Wildman–Crippen MR) is 94.4 cm³/mol. The topological polar surface area (TPSA) is 92.8 Å². The minimum Gasteiger partial charge on any atom is -0.481 e. The number of amides is 1. The number of para-hydroxylation sites is 2. The summed E-state index contributed by atoms with van der Waals surface area (Å²) >= 11 is 0. The Labute approximate surface area is 143 Å². The Morgan fingerprint density at radius 1 is 1.08 bits per heavy atom. The van der Waals surface area contributed by atoms with Gasteiger partial charge in [0.2, 0.25) is 0 Å². The summed E-state index contributed by atoms with van der Waals surface area (Å²) in [6.45, 7) is 1.66. The molecule has 0 radical (unpaired) electrons. The lowest BCUT2D eigenvalue weighted by molar-refractivity contribution is -0.122. The second kappa shape index (κ2) is 6.20. The molecular weight excluding hydrogens is 318 g/mol. The minimum absolute atomic E-state index is 0.132. The zero-order valence-electron chi connectivity index (χ0n) is 13.4. The maximum absolute atomic E-state index is 12.3. The van der Waals surface area contributed by atoms with Crippen molar-refractivity contribution in [3.63, 3.8) is 0 Å². The van der Waals surface area contributed by atoms with Gasteiger partial charge in [-0.25, -0.2) is 0 Å². The molecule has 2 aromatic carbocycles. The molecule has 1 atom stereocenters. The Kier molecular flexibility index (Phi) is 3.74. The SMILES string of the molecule is CC(Oc1ccccc1)C(=O)Nc1nnc2c(n1)[nH]c1ccccc12. The molecule has 2 N–H and O–H groups in total. The Balaban J connectivity index is 1.53. The Hall–Kier alpha value is -3.48. The molecule has 0 aliphatic heterocycles. The molecule has 25 heavy (non-hydrogen) atoms. The molecule has 1 amide bonds. The lowest BCUT2D eigenvalue weighted by Gasteiger charge is -2.13. The predicted octanol–water partition coefficient (Wildman–Crippen LogP) is 2.91. The van der Waals surface area contributed by atoms with Crippen LogP contribution in [0.15, 0.2) is 54.6 Å². The molecule has 0 saturated carbocycles. The first-order chi connectivity index (χ1) is 12.2. The molecule has 0 saturated heterocycles. The van der Waals surface area contributed by atoms with Crippen LogP contribution in [0.1, 0.15) is 6.92 Å². The summed E-state index contributed by atoms with van der Waals surface area (Å²) in [6.07, 6.45) is -0.690. The number of nitrogens with one attached hydrogen (secondary N) is 2. The van der Waals surface area contributed by atoms with E-state index in [1.54, 1.807) is 19.1 Å². The summed E-state index contributed by atoms with van der Waals surface area (Å²) in [7, 11) is 0. The highest BCUT2D eigenvalue weighted by molar-refractivity contribution is 6.03. The fourth-order valence-electron chi connectivity index (χ4n) is 2.54. The van der Waals surface area contributed by atoms with Crippen LogP contribution >= 0.6 is 0 Å². The second-order valence-corrected chi connectivity index (χ2v) is 5.57. The number of ether oxygens (including phenoxy) is 1. The molecule has 4 aromatic rings. The molecule has 0 aliphatic rings. The molecule has 2 aromatic heterocycles. The fraction of sp³-hybridized carbons (Fsp3) is 0.111. The molecule has 4 rings (SSSR count). The van der Waals surface area contributed by atoms with Crippen molar-refractivity contribution in [3.05, 3.63) is 54.6 Å². The van der Waals surface area contributed by atoms with Gasteiger partial charge in [0.05, 0.1) is 0 Å². The molecular formula is C18H15N5O2. The van der Waals surface area contributed by atoms with Crippen LogP contribution in [0.4, 0.5) is 5.95 Å². The number of aromatic amines is 1. The number of fused-ring (bicyclic) bond motifs is 3. The van der Waals surface area contributed by atoms with E-state index in [4.69, 9.17) is 4.74 Å². The standard InChI is InChI=1S/C18H15N5O2/c1-11(25-12-7-3-2-4-8-12)17(24)21-18-20-16-15(22-23-18)13-9-5-6-10-14(13)19-16/h2-11H,1H3,(H2,19,20,21,23,24). The van der Waals surface area contributed by atoms with E-state index in [2.05, 4.69) is 25.5 Å². The lowest BCUT2D eigenvalue weighted by Crippen LogP contribution is -2.30. The van der Waals surface area contributed by atoms with Crippen molar-refractivity contribution >= 4 is 33.9 Å². The van der Waals surface area contributed by atoms with E-state index in [1.165, 1.54) is 0 Å². The zero-order valence-corrected chi connectivity index (χ0v) is 13.4. The fourth-order valence-corrected chi connectivity index (χ4v) is 2.54. The van der Waals surface area contributed by atoms with Gasteiger partial charge < -0.3 is 9.72 Å². The van der Waals surface area contributed by atoms with Gasteiger partial charge in [0, 0.05) is 10.9 Å². The highest BCUT2D eigenvalue weighted by Gasteiger charge is 2.17. The third-order valence-corrected chi connectivity index (χ3v) is 3.78.